The van der Waals surface area contributed by atoms with Gasteiger partial charge in [-0.1, -0.05) is 0 Å². The molecule has 1 saturated heterocycles. The van der Waals surface area contributed by atoms with Crippen LogP contribution in [0.1, 0.15) is 30.9 Å². The zero-order valence-corrected chi connectivity index (χ0v) is 14.3. The van der Waals surface area contributed by atoms with Crippen LogP contribution in [0, 0.1) is 0 Å². The highest BCUT2D eigenvalue weighted by Crippen LogP contribution is 2.28. The minimum atomic E-state index is 0.153. The Kier molecular flexibility index (Phi) is 5.90. The molecule has 0 spiro atoms. The van der Waals surface area contributed by atoms with E-state index in [4.69, 9.17) is 9.47 Å². The molecule has 25 heavy (non-hydrogen) atoms. The van der Waals surface area contributed by atoms with Crippen molar-refractivity contribution in [3.8, 4) is 11.6 Å². The summed E-state index contributed by atoms with van der Waals surface area (Å²) in [6.07, 6.45) is 8.90. The summed E-state index contributed by atoms with van der Waals surface area (Å²) < 4.78 is 10.7. The Bertz CT molecular complexity index is 688. The van der Waals surface area contributed by atoms with Crippen molar-refractivity contribution >= 4 is 5.91 Å². The SMILES string of the molecule is COCCC(=O)N1CCC(c2cncc(Oc3cccnc3)n2)CC1. The molecule has 1 aliphatic heterocycles. The summed E-state index contributed by atoms with van der Waals surface area (Å²) in [5.74, 6) is 1.54. The van der Waals surface area contributed by atoms with E-state index in [1.807, 2.05) is 17.0 Å². The maximum Gasteiger partial charge on any atom is 0.238 e. The number of methoxy groups -OCH3 is 1. The quantitative estimate of drug-likeness (QED) is 0.802. The van der Waals surface area contributed by atoms with Crippen LogP contribution in [0.5, 0.6) is 11.6 Å². The lowest BCUT2D eigenvalue weighted by molar-refractivity contribution is -0.133. The minimum Gasteiger partial charge on any atom is -0.436 e. The zero-order valence-electron chi connectivity index (χ0n) is 14.3. The lowest BCUT2D eigenvalue weighted by Gasteiger charge is -2.31. The molecule has 2 aromatic rings. The summed E-state index contributed by atoms with van der Waals surface area (Å²) in [4.78, 5) is 26.8. The Morgan fingerprint density at radius 3 is 2.80 bits per heavy atom. The largest absolute Gasteiger partial charge is 0.436 e. The Hall–Kier alpha value is -2.54. The molecule has 132 valence electrons. The molecule has 2 aromatic heterocycles. The topological polar surface area (TPSA) is 77.4 Å². The van der Waals surface area contributed by atoms with Crippen LogP contribution in [0.2, 0.25) is 0 Å². The van der Waals surface area contributed by atoms with Gasteiger partial charge in [0.25, 0.3) is 0 Å². The third-order valence-corrected chi connectivity index (χ3v) is 4.27. The van der Waals surface area contributed by atoms with E-state index >= 15 is 0 Å². The molecule has 1 fully saturated rings. The Morgan fingerprint density at radius 2 is 2.08 bits per heavy atom. The first-order valence-corrected chi connectivity index (χ1v) is 8.43. The average molecular weight is 342 g/mol. The molecule has 0 saturated carbocycles. The van der Waals surface area contributed by atoms with E-state index in [1.165, 1.54) is 0 Å². The molecule has 7 nitrogen and oxygen atoms in total. The molecule has 0 atom stereocenters. The second kappa shape index (κ2) is 8.53. The number of aromatic nitrogens is 3. The van der Waals surface area contributed by atoms with Crippen molar-refractivity contribution in [1.82, 2.24) is 19.9 Å². The van der Waals surface area contributed by atoms with Gasteiger partial charge in [0.1, 0.15) is 5.75 Å². The van der Waals surface area contributed by atoms with Crippen molar-refractivity contribution in [3.63, 3.8) is 0 Å². The van der Waals surface area contributed by atoms with Gasteiger partial charge in [-0.3, -0.25) is 14.8 Å². The Morgan fingerprint density at radius 1 is 1.24 bits per heavy atom. The summed E-state index contributed by atoms with van der Waals surface area (Å²) in [6.45, 7) is 1.95. The van der Waals surface area contributed by atoms with Gasteiger partial charge in [-0.15, -0.1) is 0 Å². The number of carbonyl (C=O) groups excluding carboxylic acids is 1. The normalized spacial score (nSPS) is 15.2. The summed E-state index contributed by atoms with van der Waals surface area (Å²) in [6, 6.07) is 3.63. The number of amides is 1. The maximum absolute atomic E-state index is 12.0. The molecular formula is C18H22N4O3. The van der Waals surface area contributed by atoms with Gasteiger partial charge < -0.3 is 14.4 Å². The van der Waals surface area contributed by atoms with Crippen molar-refractivity contribution in [2.45, 2.75) is 25.2 Å². The molecule has 1 aliphatic rings. The number of rotatable bonds is 6. The number of pyridine rings is 1. The van der Waals surface area contributed by atoms with Crippen LogP contribution >= 0.6 is 0 Å². The summed E-state index contributed by atoms with van der Waals surface area (Å²) in [5, 5.41) is 0. The fraction of sp³-hybridized carbons (Fsp3) is 0.444. The lowest BCUT2D eigenvalue weighted by atomic mass is 9.93. The lowest BCUT2D eigenvalue weighted by Crippen LogP contribution is -2.38. The minimum absolute atomic E-state index is 0.153. The van der Waals surface area contributed by atoms with Crippen LogP contribution < -0.4 is 4.74 Å². The molecule has 0 bridgehead atoms. The Labute approximate surface area is 147 Å². The van der Waals surface area contributed by atoms with Crippen LogP contribution in [0.15, 0.2) is 36.9 Å². The Balaban J connectivity index is 1.58. The molecule has 0 unspecified atom stereocenters. The van der Waals surface area contributed by atoms with Crippen molar-refractivity contribution in [3.05, 3.63) is 42.6 Å². The van der Waals surface area contributed by atoms with E-state index in [0.717, 1.165) is 31.6 Å². The van der Waals surface area contributed by atoms with Crippen LogP contribution in [-0.4, -0.2) is 52.6 Å². The fourth-order valence-corrected chi connectivity index (χ4v) is 2.91. The molecule has 3 heterocycles. The molecule has 0 aromatic carbocycles. The van der Waals surface area contributed by atoms with E-state index in [2.05, 4.69) is 15.0 Å². The number of nitrogens with zero attached hydrogens (tertiary/aromatic N) is 4. The highest BCUT2D eigenvalue weighted by Gasteiger charge is 2.24. The number of ether oxygens (including phenoxy) is 2. The second-order valence-electron chi connectivity index (χ2n) is 5.97. The van der Waals surface area contributed by atoms with Crippen molar-refractivity contribution < 1.29 is 14.3 Å². The van der Waals surface area contributed by atoms with Crippen molar-refractivity contribution in [1.29, 1.82) is 0 Å². The van der Waals surface area contributed by atoms with Gasteiger partial charge in [0.05, 0.1) is 31.1 Å². The summed E-state index contributed by atoms with van der Waals surface area (Å²) >= 11 is 0. The van der Waals surface area contributed by atoms with Gasteiger partial charge in [0.15, 0.2) is 0 Å². The molecule has 0 aliphatic carbocycles. The molecule has 7 heteroatoms. The van der Waals surface area contributed by atoms with E-state index < -0.39 is 0 Å². The third kappa shape index (κ3) is 4.73. The number of hydrogen-bond acceptors (Lipinski definition) is 6. The van der Waals surface area contributed by atoms with Gasteiger partial charge in [-0.2, -0.15) is 0 Å². The number of likely N-dealkylation sites (tertiary alicyclic amines) is 1. The third-order valence-electron chi connectivity index (χ3n) is 4.27. The van der Waals surface area contributed by atoms with Crippen LogP contribution in [0.3, 0.4) is 0 Å². The first-order valence-electron chi connectivity index (χ1n) is 8.43. The average Bonchev–Trinajstić information content (AvgIpc) is 2.67. The highest BCUT2D eigenvalue weighted by atomic mass is 16.5. The zero-order chi connectivity index (χ0) is 17.5. The number of carbonyl (C=O) groups is 1. The van der Waals surface area contributed by atoms with E-state index in [-0.39, 0.29) is 11.8 Å². The maximum atomic E-state index is 12.0. The van der Waals surface area contributed by atoms with E-state index in [0.29, 0.717) is 24.7 Å². The first kappa shape index (κ1) is 17.3. The van der Waals surface area contributed by atoms with Crippen LogP contribution in [0.4, 0.5) is 0 Å². The molecule has 1 amide bonds. The van der Waals surface area contributed by atoms with Crippen molar-refractivity contribution in [2.24, 2.45) is 0 Å². The standard InChI is InChI=1S/C18H22N4O3/c1-24-10-6-18(23)22-8-4-14(5-9-22)16-12-20-13-17(21-16)25-15-3-2-7-19-11-15/h2-3,7,11-14H,4-6,8-10H2,1H3. The smallest absolute Gasteiger partial charge is 0.238 e. The van der Waals surface area contributed by atoms with Gasteiger partial charge in [0, 0.05) is 38.5 Å². The summed E-state index contributed by atoms with van der Waals surface area (Å²) in [7, 11) is 1.61. The van der Waals surface area contributed by atoms with Crippen LogP contribution in [0.25, 0.3) is 0 Å². The van der Waals surface area contributed by atoms with E-state index in [1.54, 1.807) is 31.9 Å². The number of hydrogen-bond donors (Lipinski definition) is 0. The highest BCUT2D eigenvalue weighted by molar-refractivity contribution is 5.76. The van der Waals surface area contributed by atoms with E-state index in [9.17, 15) is 4.79 Å². The monoisotopic (exact) mass is 342 g/mol. The fourth-order valence-electron chi connectivity index (χ4n) is 2.91. The summed E-state index contributed by atoms with van der Waals surface area (Å²) in [5.41, 5.74) is 0.908. The van der Waals surface area contributed by atoms with Gasteiger partial charge in [-0.25, -0.2) is 4.98 Å². The molecule has 0 N–H and O–H groups in total. The first-order chi connectivity index (χ1) is 12.3. The van der Waals surface area contributed by atoms with Crippen LogP contribution in [-0.2, 0) is 9.53 Å². The molecule has 3 rings (SSSR count). The molecule has 0 radical (unpaired) electrons. The van der Waals surface area contributed by atoms with Crippen molar-refractivity contribution in [2.75, 3.05) is 26.8 Å². The van der Waals surface area contributed by atoms with Gasteiger partial charge >= 0.3 is 0 Å². The second-order valence-corrected chi connectivity index (χ2v) is 5.97. The molecular weight excluding hydrogens is 320 g/mol. The van der Waals surface area contributed by atoms with Gasteiger partial charge in [-0.05, 0) is 25.0 Å². The predicted octanol–water partition coefficient (Wildman–Crippen LogP) is 2.41. The predicted molar refractivity (Wildman–Crippen MR) is 91.4 cm³/mol. The van der Waals surface area contributed by atoms with Gasteiger partial charge in [0.2, 0.25) is 11.8 Å². The number of piperidine rings is 1.